The number of thiophene rings is 1. The maximum absolute atomic E-state index is 14.2. The molecule has 0 spiro atoms. The van der Waals surface area contributed by atoms with Crippen LogP contribution in [0.5, 0.6) is 0 Å². The lowest BCUT2D eigenvalue weighted by Crippen LogP contribution is -2.45. The van der Waals surface area contributed by atoms with Gasteiger partial charge in [-0.15, -0.1) is 11.3 Å². The Morgan fingerprint density at radius 3 is 2.54 bits per heavy atom. The van der Waals surface area contributed by atoms with Gasteiger partial charge in [-0.05, 0) is 38.0 Å². The predicted molar refractivity (Wildman–Crippen MR) is 103 cm³/mol. The summed E-state index contributed by atoms with van der Waals surface area (Å²) in [5, 5.41) is 9.81. The number of hydrogen-bond donors (Lipinski definition) is 2. The number of aromatic nitrogens is 2. The molecule has 0 unspecified atom stereocenters. The molecule has 1 aromatic carbocycles. The van der Waals surface area contributed by atoms with Crippen molar-refractivity contribution in [2.45, 2.75) is 32.7 Å². The van der Waals surface area contributed by atoms with Crippen LogP contribution >= 0.6 is 11.3 Å². The Bertz CT molecular complexity index is 1180. The molecule has 0 atom stereocenters. The molecular weight excluding hydrogens is 385 g/mol. The molecule has 146 valence electrons. The van der Waals surface area contributed by atoms with Crippen molar-refractivity contribution in [3.63, 3.8) is 0 Å². The lowest BCUT2D eigenvalue weighted by atomic mass is 10.0. The van der Waals surface area contributed by atoms with Gasteiger partial charge in [0.1, 0.15) is 22.0 Å². The molecule has 9 heteroatoms. The van der Waals surface area contributed by atoms with Crippen LogP contribution < -0.4 is 11.3 Å². The molecular formula is C19H18FN3O4S. The molecule has 2 aromatic heterocycles. The molecule has 0 aliphatic rings. The Hall–Kier alpha value is -3.07. The zero-order chi connectivity index (χ0) is 20.8. The Morgan fingerprint density at radius 1 is 1.32 bits per heavy atom. The molecule has 0 bridgehead atoms. The van der Waals surface area contributed by atoms with Gasteiger partial charge in [-0.3, -0.25) is 14.2 Å². The van der Waals surface area contributed by atoms with Gasteiger partial charge in [0.05, 0.1) is 10.3 Å². The van der Waals surface area contributed by atoms with Crippen molar-refractivity contribution in [1.82, 2.24) is 9.55 Å². The van der Waals surface area contributed by atoms with Crippen molar-refractivity contribution in [2.24, 2.45) is 5.73 Å². The Balaban J connectivity index is 2.38. The SMILES string of the molecule is Cc1c(C(N)=O)sc2nc(Cc3ccccc3F)n(C(C)(C)C(=O)O)c(=O)c12. The number of carbonyl (C=O) groups excluding carboxylic acids is 1. The molecule has 0 aliphatic carbocycles. The molecule has 3 rings (SSSR count). The minimum atomic E-state index is -1.64. The highest BCUT2D eigenvalue weighted by Gasteiger charge is 2.35. The number of rotatable bonds is 5. The number of carboxylic acids is 1. The van der Waals surface area contributed by atoms with E-state index >= 15 is 0 Å². The van der Waals surface area contributed by atoms with Crippen LogP contribution in [-0.2, 0) is 16.8 Å². The average Bonchev–Trinajstić information content (AvgIpc) is 2.93. The van der Waals surface area contributed by atoms with E-state index in [4.69, 9.17) is 5.73 Å². The van der Waals surface area contributed by atoms with Crippen LogP contribution in [0.4, 0.5) is 4.39 Å². The number of aryl methyl sites for hydroxylation is 1. The maximum Gasteiger partial charge on any atom is 0.329 e. The largest absolute Gasteiger partial charge is 0.480 e. The molecule has 1 amide bonds. The first-order valence-electron chi connectivity index (χ1n) is 8.37. The van der Waals surface area contributed by atoms with E-state index in [2.05, 4.69) is 4.98 Å². The lowest BCUT2D eigenvalue weighted by molar-refractivity contribution is -0.146. The number of amides is 1. The van der Waals surface area contributed by atoms with Crippen LogP contribution in [0.25, 0.3) is 10.2 Å². The Labute approximate surface area is 163 Å². The van der Waals surface area contributed by atoms with Gasteiger partial charge in [-0.25, -0.2) is 14.2 Å². The highest BCUT2D eigenvalue weighted by atomic mass is 32.1. The number of fused-ring (bicyclic) bond motifs is 1. The third-order valence-electron chi connectivity index (χ3n) is 4.65. The highest BCUT2D eigenvalue weighted by Crippen LogP contribution is 2.29. The van der Waals surface area contributed by atoms with Crippen LogP contribution in [-0.4, -0.2) is 26.5 Å². The minimum Gasteiger partial charge on any atom is -0.480 e. The third-order valence-corrected chi connectivity index (χ3v) is 5.85. The number of carbonyl (C=O) groups is 2. The van der Waals surface area contributed by atoms with Crippen LogP contribution in [0.1, 0.15) is 40.5 Å². The summed E-state index contributed by atoms with van der Waals surface area (Å²) in [6.07, 6.45) is -0.0859. The molecule has 0 fully saturated rings. The summed E-state index contributed by atoms with van der Waals surface area (Å²) in [5.41, 5.74) is 3.76. The molecule has 0 aliphatic heterocycles. The molecule has 0 radical (unpaired) electrons. The molecule has 3 N–H and O–H groups in total. The summed E-state index contributed by atoms with van der Waals surface area (Å²) in [4.78, 5) is 41.6. The van der Waals surface area contributed by atoms with Gasteiger partial charge < -0.3 is 10.8 Å². The fourth-order valence-corrected chi connectivity index (χ4v) is 4.11. The first-order valence-corrected chi connectivity index (χ1v) is 9.19. The zero-order valence-corrected chi connectivity index (χ0v) is 16.3. The summed E-state index contributed by atoms with van der Waals surface area (Å²) in [5.74, 6) is -2.34. The zero-order valence-electron chi connectivity index (χ0n) is 15.4. The molecule has 7 nitrogen and oxygen atoms in total. The van der Waals surface area contributed by atoms with E-state index in [1.54, 1.807) is 13.0 Å². The number of carboxylic acid groups (broad SMARTS) is 1. The van der Waals surface area contributed by atoms with Gasteiger partial charge in [-0.1, -0.05) is 18.2 Å². The smallest absolute Gasteiger partial charge is 0.329 e. The van der Waals surface area contributed by atoms with Gasteiger partial charge >= 0.3 is 5.97 Å². The van der Waals surface area contributed by atoms with Crippen molar-refractivity contribution >= 4 is 33.4 Å². The molecule has 0 saturated carbocycles. The summed E-state index contributed by atoms with van der Waals surface area (Å²) in [6.45, 7) is 4.30. The van der Waals surface area contributed by atoms with Gasteiger partial charge in [0, 0.05) is 6.42 Å². The van der Waals surface area contributed by atoms with Gasteiger partial charge in [0.15, 0.2) is 0 Å². The maximum atomic E-state index is 14.2. The predicted octanol–water partition coefficient (Wildman–Crippen LogP) is 2.41. The Kier molecular flexibility index (Phi) is 4.80. The van der Waals surface area contributed by atoms with E-state index < -0.39 is 28.8 Å². The standard InChI is InChI=1S/C19H18FN3O4S/c1-9-13-16(28-14(9)15(21)24)22-12(8-10-6-4-5-7-11(10)20)23(17(13)25)19(2,3)18(26)27/h4-7H,8H2,1-3H3,(H2,21,24)(H,26,27). The van der Waals surface area contributed by atoms with E-state index in [0.717, 1.165) is 15.9 Å². The topological polar surface area (TPSA) is 115 Å². The minimum absolute atomic E-state index is 0.0859. The van der Waals surface area contributed by atoms with Crippen molar-refractivity contribution in [1.29, 1.82) is 0 Å². The number of halogens is 1. The van der Waals surface area contributed by atoms with Crippen molar-refractivity contribution < 1.29 is 19.1 Å². The third kappa shape index (κ3) is 3.07. The molecule has 0 saturated heterocycles. The van der Waals surface area contributed by atoms with E-state index in [0.29, 0.717) is 5.56 Å². The summed E-state index contributed by atoms with van der Waals surface area (Å²) >= 11 is 0.963. The van der Waals surface area contributed by atoms with Gasteiger partial charge in [0.25, 0.3) is 11.5 Å². The van der Waals surface area contributed by atoms with Crippen LogP contribution in [0, 0.1) is 12.7 Å². The molecule has 28 heavy (non-hydrogen) atoms. The van der Waals surface area contributed by atoms with Crippen molar-refractivity contribution in [3.8, 4) is 0 Å². The second-order valence-corrected chi connectivity index (χ2v) is 7.90. The van der Waals surface area contributed by atoms with Crippen molar-refractivity contribution in [2.75, 3.05) is 0 Å². The quantitative estimate of drug-likeness (QED) is 0.679. The average molecular weight is 403 g/mol. The number of nitrogens with zero attached hydrogens (tertiary/aromatic N) is 2. The van der Waals surface area contributed by atoms with Crippen LogP contribution in [0.2, 0.25) is 0 Å². The van der Waals surface area contributed by atoms with E-state index in [-0.39, 0.29) is 32.9 Å². The van der Waals surface area contributed by atoms with Gasteiger partial charge in [0.2, 0.25) is 0 Å². The highest BCUT2D eigenvalue weighted by molar-refractivity contribution is 7.20. The second kappa shape index (κ2) is 6.83. The van der Waals surface area contributed by atoms with Gasteiger partial charge in [-0.2, -0.15) is 0 Å². The van der Waals surface area contributed by atoms with E-state index in [9.17, 15) is 23.9 Å². The Morgan fingerprint density at radius 2 is 1.96 bits per heavy atom. The lowest BCUT2D eigenvalue weighted by Gasteiger charge is -2.25. The number of nitrogens with two attached hydrogens (primary N) is 1. The first kappa shape index (κ1) is 19.7. The number of benzene rings is 1. The fourth-order valence-electron chi connectivity index (χ4n) is 3.06. The van der Waals surface area contributed by atoms with Crippen LogP contribution in [0.15, 0.2) is 29.1 Å². The summed E-state index contributed by atoms with van der Waals surface area (Å²) in [7, 11) is 0. The normalized spacial score (nSPS) is 11.7. The summed E-state index contributed by atoms with van der Waals surface area (Å²) in [6, 6.07) is 5.99. The summed E-state index contributed by atoms with van der Waals surface area (Å²) < 4.78 is 15.2. The van der Waals surface area contributed by atoms with Crippen molar-refractivity contribution in [3.05, 3.63) is 62.3 Å². The van der Waals surface area contributed by atoms with Crippen LogP contribution in [0.3, 0.4) is 0 Å². The first-order chi connectivity index (χ1) is 13.1. The van der Waals surface area contributed by atoms with E-state index in [1.165, 1.54) is 32.0 Å². The number of primary amides is 1. The fraction of sp³-hybridized carbons (Fsp3) is 0.263. The number of hydrogen-bond acceptors (Lipinski definition) is 5. The molecule has 2 heterocycles. The second-order valence-electron chi connectivity index (χ2n) is 6.90. The number of aliphatic carboxylic acids is 1. The molecule has 3 aromatic rings. The monoisotopic (exact) mass is 403 g/mol. The van der Waals surface area contributed by atoms with E-state index in [1.807, 2.05) is 0 Å².